The number of aryl methyl sites for hydroxylation is 1. The molecule has 4 rings (SSSR count). The van der Waals surface area contributed by atoms with Gasteiger partial charge in [0.25, 0.3) is 11.5 Å². The van der Waals surface area contributed by atoms with Gasteiger partial charge in [0.1, 0.15) is 11.3 Å². The Morgan fingerprint density at radius 1 is 1.32 bits per heavy atom. The number of anilines is 1. The lowest BCUT2D eigenvalue weighted by Gasteiger charge is -2.13. The van der Waals surface area contributed by atoms with Crippen molar-refractivity contribution in [2.24, 2.45) is 0 Å². The third kappa shape index (κ3) is 3.15. The molecule has 8 nitrogen and oxygen atoms in total. The zero-order valence-corrected chi connectivity index (χ0v) is 16.7. The number of hydrogen-bond acceptors (Lipinski definition) is 8. The van der Waals surface area contributed by atoms with E-state index in [1.165, 1.54) is 15.9 Å². The SMILES string of the molecule is CCn1c(=O)c(C(=O)Nc2nnc(-c3nccs3)s2)c(O)c2ccc(Cl)cc21. The monoisotopic (exact) mass is 433 g/mol. The summed E-state index contributed by atoms with van der Waals surface area (Å²) in [5, 5.41) is 25.0. The van der Waals surface area contributed by atoms with Crippen LogP contribution in [0.5, 0.6) is 5.75 Å². The molecule has 142 valence electrons. The second-order valence-corrected chi connectivity index (χ2v) is 7.95. The summed E-state index contributed by atoms with van der Waals surface area (Å²) in [4.78, 5) is 29.7. The topological polar surface area (TPSA) is 110 Å². The maximum atomic E-state index is 12.8. The second-order valence-electron chi connectivity index (χ2n) is 5.64. The number of hydrogen-bond donors (Lipinski definition) is 2. The molecule has 3 aromatic heterocycles. The number of benzene rings is 1. The molecular formula is C17H12ClN5O3S2. The number of carbonyl (C=O) groups is 1. The predicted octanol–water partition coefficient (Wildman–Crippen LogP) is 3.61. The van der Waals surface area contributed by atoms with Gasteiger partial charge in [-0.15, -0.1) is 21.5 Å². The van der Waals surface area contributed by atoms with Gasteiger partial charge >= 0.3 is 0 Å². The zero-order valence-electron chi connectivity index (χ0n) is 14.3. The molecule has 0 aliphatic rings. The molecule has 0 saturated heterocycles. The molecule has 1 amide bonds. The lowest BCUT2D eigenvalue weighted by molar-refractivity contribution is 0.102. The molecule has 3 heterocycles. The van der Waals surface area contributed by atoms with E-state index >= 15 is 0 Å². The summed E-state index contributed by atoms with van der Waals surface area (Å²) in [5.74, 6) is -1.16. The first kappa shape index (κ1) is 18.5. The van der Waals surface area contributed by atoms with Gasteiger partial charge in [0.05, 0.1) is 5.52 Å². The fraction of sp³-hybridized carbons (Fsp3) is 0.118. The molecule has 1 aromatic carbocycles. The van der Waals surface area contributed by atoms with Gasteiger partial charge < -0.3 is 9.67 Å². The average Bonchev–Trinajstić information content (AvgIpc) is 3.33. The molecule has 0 spiro atoms. The number of nitrogens with one attached hydrogen (secondary N) is 1. The Morgan fingerprint density at radius 3 is 2.86 bits per heavy atom. The van der Waals surface area contributed by atoms with E-state index < -0.39 is 17.2 Å². The lowest BCUT2D eigenvalue weighted by Crippen LogP contribution is -2.29. The number of rotatable bonds is 4. The molecule has 0 aliphatic carbocycles. The highest BCUT2D eigenvalue weighted by atomic mass is 35.5. The number of fused-ring (bicyclic) bond motifs is 1. The smallest absolute Gasteiger partial charge is 0.267 e. The fourth-order valence-electron chi connectivity index (χ4n) is 2.78. The van der Waals surface area contributed by atoms with Crippen molar-refractivity contribution in [3.63, 3.8) is 0 Å². The summed E-state index contributed by atoms with van der Waals surface area (Å²) < 4.78 is 1.39. The van der Waals surface area contributed by atoms with Gasteiger partial charge in [-0.3, -0.25) is 14.9 Å². The minimum absolute atomic E-state index is 0.202. The van der Waals surface area contributed by atoms with E-state index in [9.17, 15) is 14.7 Å². The largest absolute Gasteiger partial charge is 0.506 e. The number of pyridine rings is 1. The molecule has 0 fully saturated rings. The molecule has 0 unspecified atom stereocenters. The fourth-order valence-corrected chi connectivity index (χ4v) is 4.36. The zero-order chi connectivity index (χ0) is 19.8. The van der Waals surface area contributed by atoms with Gasteiger partial charge in [0.2, 0.25) is 5.13 Å². The summed E-state index contributed by atoms with van der Waals surface area (Å²) >= 11 is 8.54. The van der Waals surface area contributed by atoms with Crippen molar-refractivity contribution in [2.45, 2.75) is 13.5 Å². The number of nitrogens with zero attached hydrogens (tertiary/aromatic N) is 4. The quantitative estimate of drug-likeness (QED) is 0.508. The van der Waals surface area contributed by atoms with Crippen LogP contribution >= 0.6 is 34.3 Å². The summed E-state index contributed by atoms with van der Waals surface area (Å²) in [6, 6.07) is 4.73. The molecule has 0 bridgehead atoms. The number of aromatic nitrogens is 4. The number of thiazole rings is 1. The van der Waals surface area contributed by atoms with Crippen molar-refractivity contribution in [3.05, 3.63) is 50.7 Å². The highest BCUT2D eigenvalue weighted by molar-refractivity contribution is 7.22. The molecule has 0 saturated carbocycles. The van der Waals surface area contributed by atoms with E-state index in [4.69, 9.17) is 11.6 Å². The van der Waals surface area contributed by atoms with Gasteiger partial charge in [-0.1, -0.05) is 22.9 Å². The van der Waals surface area contributed by atoms with Crippen LogP contribution in [0.4, 0.5) is 5.13 Å². The summed E-state index contributed by atoms with van der Waals surface area (Å²) in [6.45, 7) is 2.08. The van der Waals surface area contributed by atoms with Crippen LogP contribution in [-0.2, 0) is 6.54 Å². The maximum absolute atomic E-state index is 12.8. The molecule has 0 atom stereocenters. The van der Waals surface area contributed by atoms with E-state index in [1.54, 1.807) is 31.3 Å². The van der Waals surface area contributed by atoms with Gasteiger partial charge in [0, 0.05) is 28.5 Å². The molecule has 4 aromatic rings. The van der Waals surface area contributed by atoms with E-state index in [0.717, 1.165) is 11.3 Å². The van der Waals surface area contributed by atoms with Crippen LogP contribution in [-0.4, -0.2) is 30.8 Å². The Hall–Kier alpha value is -2.82. The average molecular weight is 434 g/mol. The maximum Gasteiger partial charge on any atom is 0.267 e. The van der Waals surface area contributed by atoms with Crippen molar-refractivity contribution in [3.8, 4) is 15.8 Å². The van der Waals surface area contributed by atoms with E-state index in [0.29, 0.717) is 32.5 Å². The van der Waals surface area contributed by atoms with Crippen LogP contribution in [0.3, 0.4) is 0 Å². The minimum Gasteiger partial charge on any atom is -0.506 e. The van der Waals surface area contributed by atoms with Crippen molar-refractivity contribution >= 4 is 56.2 Å². The Labute approximate surface area is 171 Å². The van der Waals surface area contributed by atoms with Gasteiger partial charge in [-0.25, -0.2) is 4.98 Å². The van der Waals surface area contributed by atoms with E-state index in [2.05, 4.69) is 20.5 Å². The Balaban J connectivity index is 1.75. The van der Waals surface area contributed by atoms with Crippen molar-refractivity contribution < 1.29 is 9.90 Å². The van der Waals surface area contributed by atoms with Crippen molar-refractivity contribution in [2.75, 3.05) is 5.32 Å². The van der Waals surface area contributed by atoms with E-state index in [-0.39, 0.29) is 10.7 Å². The highest BCUT2D eigenvalue weighted by Crippen LogP contribution is 2.31. The lowest BCUT2D eigenvalue weighted by atomic mass is 10.1. The van der Waals surface area contributed by atoms with Gasteiger partial charge in [-0.05, 0) is 25.1 Å². The highest BCUT2D eigenvalue weighted by Gasteiger charge is 2.23. The van der Waals surface area contributed by atoms with Crippen LogP contribution < -0.4 is 10.9 Å². The minimum atomic E-state index is -0.761. The number of amides is 1. The summed E-state index contributed by atoms with van der Waals surface area (Å²) in [6.07, 6.45) is 1.65. The van der Waals surface area contributed by atoms with Crippen LogP contribution in [0.1, 0.15) is 17.3 Å². The molecule has 0 radical (unpaired) electrons. The van der Waals surface area contributed by atoms with Crippen LogP contribution in [0, 0.1) is 0 Å². The molecule has 28 heavy (non-hydrogen) atoms. The Morgan fingerprint density at radius 2 is 2.14 bits per heavy atom. The Kier molecular flexibility index (Phi) is 4.84. The van der Waals surface area contributed by atoms with Crippen LogP contribution in [0.15, 0.2) is 34.6 Å². The first-order valence-electron chi connectivity index (χ1n) is 8.09. The second kappa shape index (κ2) is 7.30. The first-order valence-corrected chi connectivity index (χ1v) is 10.2. The van der Waals surface area contributed by atoms with Crippen LogP contribution in [0.2, 0.25) is 5.02 Å². The van der Waals surface area contributed by atoms with Crippen molar-refractivity contribution in [1.82, 2.24) is 19.7 Å². The Bertz CT molecular complexity index is 1250. The molecule has 11 heteroatoms. The number of halogens is 1. The number of carbonyl (C=O) groups excluding carboxylic acids is 1. The van der Waals surface area contributed by atoms with Crippen molar-refractivity contribution in [1.29, 1.82) is 0 Å². The van der Waals surface area contributed by atoms with Gasteiger partial charge in [0.15, 0.2) is 10.0 Å². The first-order chi connectivity index (χ1) is 13.5. The summed E-state index contributed by atoms with van der Waals surface area (Å²) in [7, 11) is 0. The summed E-state index contributed by atoms with van der Waals surface area (Å²) in [5.41, 5.74) is -0.518. The van der Waals surface area contributed by atoms with E-state index in [1.807, 2.05) is 5.38 Å². The van der Waals surface area contributed by atoms with Crippen LogP contribution in [0.25, 0.3) is 20.9 Å². The normalized spacial score (nSPS) is 11.1. The molecular weight excluding hydrogens is 422 g/mol. The third-order valence-electron chi connectivity index (χ3n) is 4.01. The standard InChI is InChI=1S/C17H12ClN5O3S2/c1-2-23-10-7-8(18)3-4-9(10)12(24)11(16(23)26)13(25)20-17-22-21-15(28-17)14-19-5-6-27-14/h3-7,24H,2H2,1H3,(H,20,22,25). The predicted molar refractivity (Wildman–Crippen MR) is 110 cm³/mol. The molecule has 2 N–H and O–H groups in total. The number of aromatic hydroxyl groups is 1. The molecule has 0 aliphatic heterocycles. The van der Waals surface area contributed by atoms with Gasteiger partial charge in [-0.2, -0.15) is 0 Å². The third-order valence-corrected chi connectivity index (χ3v) is 6.00.